The number of hydrogen-bond acceptors (Lipinski definition) is 0. The van der Waals surface area contributed by atoms with E-state index in [0.717, 1.165) is 6.42 Å². The van der Waals surface area contributed by atoms with E-state index in [-0.39, 0.29) is 0 Å². The molecule has 0 unspecified atom stereocenters. The molecule has 16 heavy (non-hydrogen) atoms. The van der Waals surface area contributed by atoms with Crippen LogP contribution >= 0.6 is 22.9 Å². The SMILES string of the molecule is CCc1cccc2c3ccccc3n(I)c12. The zero-order valence-corrected chi connectivity index (χ0v) is 11.2. The van der Waals surface area contributed by atoms with Gasteiger partial charge in [0.15, 0.2) is 0 Å². The fourth-order valence-electron chi connectivity index (χ4n) is 2.32. The number of hydrogen-bond donors (Lipinski definition) is 0. The second kappa shape index (κ2) is 3.77. The Kier molecular flexibility index (Phi) is 2.39. The Hall–Kier alpha value is -1.03. The molecule has 1 aromatic heterocycles. The number of nitrogens with zero attached hydrogens (tertiary/aromatic N) is 1. The van der Waals surface area contributed by atoms with Crippen molar-refractivity contribution < 1.29 is 0 Å². The highest BCUT2D eigenvalue weighted by Crippen LogP contribution is 2.32. The van der Waals surface area contributed by atoms with E-state index in [9.17, 15) is 0 Å². The van der Waals surface area contributed by atoms with Crippen molar-refractivity contribution in [2.24, 2.45) is 0 Å². The molecule has 0 atom stereocenters. The first-order chi connectivity index (χ1) is 7.83. The molecule has 1 heterocycles. The van der Waals surface area contributed by atoms with E-state index < -0.39 is 0 Å². The molecule has 80 valence electrons. The van der Waals surface area contributed by atoms with Crippen molar-refractivity contribution in [3.05, 3.63) is 48.0 Å². The molecular weight excluding hydrogens is 309 g/mol. The molecule has 0 spiro atoms. The smallest absolute Gasteiger partial charge is 0.0646 e. The maximum atomic E-state index is 2.40. The lowest BCUT2D eigenvalue weighted by molar-refractivity contribution is 1.15. The summed E-state index contributed by atoms with van der Waals surface area (Å²) in [5.74, 6) is 0. The maximum absolute atomic E-state index is 2.40. The Bertz CT molecular complexity index is 667. The average Bonchev–Trinajstić information content (AvgIpc) is 2.64. The van der Waals surface area contributed by atoms with Gasteiger partial charge >= 0.3 is 0 Å². The van der Waals surface area contributed by atoms with Crippen molar-refractivity contribution in [1.82, 2.24) is 2.78 Å². The lowest BCUT2D eigenvalue weighted by Crippen LogP contribution is -1.85. The molecule has 2 aromatic carbocycles. The number of halogens is 1. The second-order valence-corrected chi connectivity index (χ2v) is 4.93. The second-order valence-electron chi connectivity index (χ2n) is 3.96. The van der Waals surface area contributed by atoms with Crippen molar-refractivity contribution in [3.8, 4) is 0 Å². The Morgan fingerprint density at radius 1 is 1.00 bits per heavy atom. The van der Waals surface area contributed by atoms with Gasteiger partial charge in [0, 0.05) is 10.8 Å². The summed E-state index contributed by atoms with van der Waals surface area (Å²) in [6.45, 7) is 2.21. The molecule has 0 radical (unpaired) electrons. The van der Waals surface area contributed by atoms with E-state index in [2.05, 4.69) is 75.0 Å². The van der Waals surface area contributed by atoms with Crippen LogP contribution in [0.3, 0.4) is 0 Å². The standard InChI is InChI=1S/C14H12IN/c1-2-10-6-5-8-12-11-7-3-4-9-13(11)16(15)14(10)12/h3-9H,2H2,1H3. The normalized spacial score (nSPS) is 11.4. The zero-order valence-electron chi connectivity index (χ0n) is 9.07. The van der Waals surface area contributed by atoms with E-state index in [0.29, 0.717) is 0 Å². The van der Waals surface area contributed by atoms with Gasteiger partial charge in [-0.15, -0.1) is 0 Å². The third-order valence-corrected chi connectivity index (χ3v) is 4.10. The molecule has 0 fully saturated rings. The van der Waals surface area contributed by atoms with Crippen molar-refractivity contribution >= 4 is 44.7 Å². The molecular formula is C14H12IN. The average molecular weight is 321 g/mol. The molecule has 3 rings (SSSR count). The molecule has 0 aliphatic carbocycles. The van der Waals surface area contributed by atoms with Gasteiger partial charge in [-0.05, 0) is 18.1 Å². The fourth-order valence-corrected chi connectivity index (χ4v) is 3.31. The highest BCUT2D eigenvalue weighted by Gasteiger charge is 2.10. The summed E-state index contributed by atoms with van der Waals surface area (Å²) < 4.78 is 2.28. The number of aromatic nitrogens is 1. The minimum absolute atomic E-state index is 1.08. The Labute approximate surface area is 109 Å². The molecule has 2 heteroatoms. The van der Waals surface area contributed by atoms with E-state index in [1.807, 2.05) is 0 Å². The first-order valence-electron chi connectivity index (χ1n) is 5.50. The van der Waals surface area contributed by atoms with E-state index in [1.165, 1.54) is 27.4 Å². The molecule has 1 nitrogen and oxygen atoms in total. The highest BCUT2D eigenvalue weighted by atomic mass is 127. The van der Waals surface area contributed by atoms with Crippen LogP contribution in [0, 0.1) is 0 Å². The largest absolute Gasteiger partial charge is 0.281 e. The summed E-state index contributed by atoms with van der Waals surface area (Å²) in [6.07, 6.45) is 1.08. The summed E-state index contributed by atoms with van der Waals surface area (Å²) >= 11 is 2.40. The van der Waals surface area contributed by atoms with Crippen LogP contribution in [0.4, 0.5) is 0 Å². The highest BCUT2D eigenvalue weighted by molar-refractivity contribution is 14.1. The van der Waals surface area contributed by atoms with Gasteiger partial charge in [-0.3, -0.25) is 2.78 Å². The van der Waals surface area contributed by atoms with Crippen LogP contribution in [0.2, 0.25) is 0 Å². The molecule has 3 aromatic rings. The minimum Gasteiger partial charge on any atom is -0.281 e. The molecule has 0 amide bonds. The summed E-state index contributed by atoms with van der Waals surface area (Å²) in [6, 6.07) is 15.2. The van der Waals surface area contributed by atoms with Gasteiger partial charge in [-0.1, -0.05) is 43.3 Å². The van der Waals surface area contributed by atoms with Crippen LogP contribution in [0.5, 0.6) is 0 Å². The van der Waals surface area contributed by atoms with Crippen molar-refractivity contribution in [2.75, 3.05) is 0 Å². The van der Waals surface area contributed by atoms with Gasteiger partial charge in [0.25, 0.3) is 0 Å². The Balaban J connectivity index is 2.61. The number of para-hydroxylation sites is 2. The summed E-state index contributed by atoms with van der Waals surface area (Å²) in [5.41, 5.74) is 4.09. The van der Waals surface area contributed by atoms with Gasteiger partial charge in [-0.2, -0.15) is 0 Å². The van der Waals surface area contributed by atoms with Gasteiger partial charge in [0.05, 0.1) is 33.9 Å². The van der Waals surface area contributed by atoms with Gasteiger partial charge < -0.3 is 0 Å². The van der Waals surface area contributed by atoms with Crippen LogP contribution < -0.4 is 0 Å². The van der Waals surface area contributed by atoms with Crippen molar-refractivity contribution in [3.63, 3.8) is 0 Å². The number of fused-ring (bicyclic) bond motifs is 3. The quantitative estimate of drug-likeness (QED) is 0.579. The van der Waals surface area contributed by atoms with Gasteiger partial charge in [0.2, 0.25) is 0 Å². The summed E-state index contributed by atoms with van der Waals surface area (Å²) in [5, 5.41) is 2.71. The topological polar surface area (TPSA) is 4.93 Å². The molecule has 0 bridgehead atoms. The first kappa shape index (κ1) is 10.1. The van der Waals surface area contributed by atoms with Gasteiger partial charge in [-0.25, -0.2) is 0 Å². The zero-order chi connectivity index (χ0) is 11.1. The van der Waals surface area contributed by atoms with Crippen LogP contribution in [0.1, 0.15) is 12.5 Å². The van der Waals surface area contributed by atoms with Crippen LogP contribution in [0.15, 0.2) is 42.5 Å². The number of benzene rings is 2. The van der Waals surface area contributed by atoms with Crippen LogP contribution in [0.25, 0.3) is 21.8 Å². The number of aryl methyl sites for hydroxylation is 1. The van der Waals surface area contributed by atoms with E-state index in [4.69, 9.17) is 0 Å². The predicted octanol–water partition coefficient (Wildman–Crippen LogP) is 4.56. The van der Waals surface area contributed by atoms with Crippen molar-refractivity contribution in [2.45, 2.75) is 13.3 Å². The maximum Gasteiger partial charge on any atom is 0.0646 e. The minimum atomic E-state index is 1.08. The summed E-state index contributed by atoms with van der Waals surface area (Å²) in [7, 11) is 0. The first-order valence-corrected chi connectivity index (χ1v) is 6.46. The van der Waals surface area contributed by atoms with Gasteiger partial charge in [0.1, 0.15) is 0 Å². The molecule has 0 N–H and O–H groups in total. The lowest BCUT2D eigenvalue weighted by Gasteiger charge is -2.01. The monoisotopic (exact) mass is 321 g/mol. The molecule has 0 aliphatic rings. The van der Waals surface area contributed by atoms with Crippen LogP contribution in [-0.4, -0.2) is 2.78 Å². The van der Waals surface area contributed by atoms with E-state index in [1.54, 1.807) is 0 Å². The Morgan fingerprint density at radius 3 is 2.56 bits per heavy atom. The fraction of sp³-hybridized carbons (Fsp3) is 0.143. The molecule has 0 aliphatic heterocycles. The summed E-state index contributed by atoms with van der Waals surface area (Å²) in [4.78, 5) is 0. The number of rotatable bonds is 1. The van der Waals surface area contributed by atoms with E-state index >= 15 is 0 Å². The lowest BCUT2D eigenvalue weighted by atomic mass is 10.1. The van der Waals surface area contributed by atoms with Crippen molar-refractivity contribution in [1.29, 1.82) is 0 Å². The third kappa shape index (κ3) is 1.29. The Morgan fingerprint density at radius 2 is 1.75 bits per heavy atom. The van der Waals surface area contributed by atoms with Crippen LogP contribution in [-0.2, 0) is 6.42 Å². The molecule has 0 saturated carbocycles. The predicted molar refractivity (Wildman–Crippen MR) is 78.2 cm³/mol. The molecule has 0 saturated heterocycles. The third-order valence-electron chi connectivity index (χ3n) is 3.10.